The lowest BCUT2D eigenvalue weighted by atomic mass is 9.98. The molecule has 6 heteroatoms. The highest BCUT2D eigenvalue weighted by atomic mass is 19.1. The fourth-order valence-corrected chi connectivity index (χ4v) is 3.92. The number of hydrogen-bond acceptors (Lipinski definition) is 3. The molecule has 30 heavy (non-hydrogen) atoms. The number of fused-ring (bicyclic) bond motifs is 2. The Balaban J connectivity index is 1.81. The molecule has 0 spiro atoms. The maximum Gasteiger partial charge on any atom is 0.295 e. The predicted molar refractivity (Wildman–Crippen MR) is 109 cm³/mol. The highest BCUT2D eigenvalue weighted by molar-refractivity contribution is 6.10. The molecule has 4 aromatic rings. The minimum Gasteiger partial charge on any atom is -0.450 e. The Kier molecular flexibility index (Phi) is 4.03. The molecule has 0 fully saturated rings. The lowest BCUT2D eigenvalue weighted by Gasteiger charge is -2.25. The zero-order chi connectivity index (χ0) is 21.0. The lowest BCUT2D eigenvalue weighted by Crippen LogP contribution is -2.29. The van der Waals surface area contributed by atoms with E-state index in [1.54, 1.807) is 18.2 Å². The third kappa shape index (κ3) is 2.72. The van der Waals surface area contributed by atoms with Crippen molar-refractivity contribution in [3.63, 3.8) is 0 Å². The molecule has 0 bridgehead atoms. The Bertz CT molecular complexity index is 1360. The van der Waals surface area contributed by atoms with Crippen molar-refractivity contribution in [1.29, 1.82) is 0 Å². The first-order valence-electron chi connectivity index (χ1n) is 9.36. The van der Waals surface area contributed by atoms with Crippen LogP contribution >= 0.6 is 0 Å². The summed E-state index contributed by atoms with van der Waals surface area (Å²) in [5.74, 6) is -1.45. The van der Waals surface area contributed by atoms with Gasteiger partial charge in [0.05, 0.1) is 17.0 Å². The first kappa shape index (κ1) is 18.2. The minimum absolute atomic E-state index is 0.0602. The summed E-state index contributed by atoms with van der Waals surface area (Å²) < 4.78 is 32.9. The number of rotatable bonds is 2. The third-order valence-corrected chi connectivity index (χ3v) is 5.32. The zero-order valence-corrected chi connectivity index (χ0v) is 15.9. The summed E-state index contributed by atoms with van der Waals surface area (Å²) in [6, 6.07) is 15.4. The normalized spacial score (nSPS) is 15.6. The minimum atomic E-state index is -0.820. The number of carbonyl (C=O) groups excluding carboxylic acids is 1. The zero-order valence-electron chi connectivity index (χ0n) is 15.9. The molecule has 0 saturated heterocycles. The van der Waals surface area contributed by atoms with Crippen LogP contribution in [-0.4, -0.2) is 5.91 Å². The maximum absolute atomic E-state index is 13.5. The Labute approximate surface area is 170 Å². The van der Waals surface area contributed by atoms with Crippen LogP contribution in [0.3, 0.4) is 0 Å². The van der Waals surface area contributed by atoms with Crippen LogP contribution in [0.15, 0.2) is 75.9 Å². The summed E-state index contributed by atoms with van der Waals surface area (Å²) in [4.78, 5) is 28.1. The molecule has 1 unspecified atom stereocenters. The van der Waals surface area contributed by atoms with Crippen molar-refractivity contribution < 1.29 is 18.0 Å². The number of benzene rings is 3. The van der Waals surface area contributed by atoms with Crippen LogP contribution in [0.2, 0.25) is 0 Å². The average molecular weight is 403 g/mol. The van der Waals surface area contributed by atoms with Crippen molar-refractivity contribution in [3.8, 4) is 0 Å². The van der Waals surface area contributed by atoms with Gasteiger partial charge in [-0.05, 0) is 61.0 Å². The number of hydrogen-bond donors (Lipinski definition) is 0. The average Bonchev–Trinajstić information content (AvgIpc) is 3.03. The number of amides is 1. The van der Waals surface area contributed by atoms with E-state index in [1.165, 1.54) is 53.4 Å². The molecular formula is C24H15F2NO3. The van der Waals surface area contributed by atoms with Crippen molar-refractivity contribution in [3.05, 3.63) is 111 Å². The highest BCUT2D eigenvalue weighted by Crippen LogP contribution is 2.41. The number of nitrogens with zero attached hydrogens (tertiary/aromatic N) is 1. The number of anilines is 1. The summed E-state index contributed by atoms with van der Waals surface area (Å²) >= 11 is 0. The van der Waals surface area contributed by atoms with Crippen molar-refractivity contribution in [2.75, 3.05) is 4.90 Å². The van der Waals surface area contributed by atoms with Gasteiger partial charge in [-0.25, -0.2) is 8.78 Å². The standard InChI is InChI=1S/C24H15F2NO3/c1-13-2-11-19-18(12-13)22(28)20-21(14-3-5-15(25)6-4-14)27(24(29)23(20)30-19)17-9-7-16(26)8-10-17/h2-12,21H,1H3. The highest BCUT2D eigenvalue weighted by Gasteiger charge is 2.43. The van der Waals surface area contributed by atoms with Crippen LogP contribution in [0.25, 0.3) is 11.0 Å². The fraction of sp³-hybridized carbons (Fsp3) is 0.0833. The summed E-state index contributed by atoms with van der Waals surface area (Å²) in [6.45, 7) is 1.86. The summed E-state index contributed by atoms with van der Waals surface area (Å²) in [6.07, 6.45) is 0. The van der Waals surface area contributed by atoms with Crippen LogP contribution in [0, 0.1) is 18.6 Å². The van der Waals surface area contributed by atoms with Gasteiger partial charge in [-0.3, -0.25) is 14.5 Å². The quantitative estimate of drug-likeness (QED) is 0.466. The molecule has 2 heterocycles. The first-order chi connectivity index (χ1) is 14.4. The molecule has 0 saturated carbocycles. The summed E-state index contributed by atoms with van der Waals surface area (Å²) in [5.41, 5.74) is 2.02. The van der Waals surface area contributed by atoms with Gasteiger partial charge in [0, 0.05) is 5.69 Å². The van der Waals surface area contributed by atoms with Crippen LogP contribution in [-0.2, 0) is 0 Å². The van der Waals surface area contributed by atoms with Gasteiger partial charge in [0.25, 0.3) is 5.91 Å². The number of aryl methyl sites for hydroxylation is 1. The molecule has 0 N–H and O–H groups in total. The van der Waals surface area contributed by atoms with Gasteiger partial charge in [-0.15, -0.1) is 0 Å². The second-order valence-corrected chi connectivity index (χ2v) is 7.28. The van der Waals surface area contributed by atoms with Crippen LogP contribution < -0.4 is 10.3 Å². The van der Waals surface area contributed by atoms with E-state index in [0.717, 1.165) is 5.56 Å². The van der Waals surface area contributed by atoms with Gasteiger partial charge in [0.15, 0.2) is 5.43 Å². The van der Waals surface area contributed by atoms with E-state index < -0.39 is 23.6 Å². The number of carbonyl (C=O) groups is 1. The van der Waals surface area contributed by atoms with Gasteiger partial charge >= 0.3 is 0 Å². The van der Waals surface area contributed by atoms with Crippen molar-refractivity contribution in [2.24, 2.45) is 0 Å². The van der Waals surface area contributed by atoms with Crippen molar-refractivity contribution in [2.45, 2.75) is 13.0 Å². The first-order valence-corrected chi connectivity index (χ1v) is 9.36. The topological polar surface area (TPSA) is 50.5 Å². The molecule has 148 valence electrons. The molecule has 1 atom stereocenters. The largest absolute Gasteiger partial charge is 0.450 e. The summed E-state index contributed by atoms with van der Waals surface area (Å²) in [7, 11) is 0. The molecule has 3 aromatic carbocycles. The van der Waals surface area contributed by atoms with Gasteiger partial charge in [0.2, 0.25) is 5.76 Å². The Morgan fingerprint density at radius 3 is 2.17 bits per heavy atom. The molecule has 0 radical (unpaired) electrons. The fourth-order valence-electron chi connectivity index (χ4n) is 3.92. The van der Waals surface area contributed by atoms with E-state index in [-0.39, 0.29) is 16.8 Å². The van der Waals surface area contributed by atoms with E-state index in [9.17, 15) is 18.4 Å². The maximum atomic E-state index is 13.5. The second-order valence-electron chi connectivity index (χ2n) is 7.28. The van der Waals surface area contributed by atoms with Gasteiger partial charge < -0.3 is 4.42 Å². The molecule has 1 aliphatic rings. The Hall–Kier alpha value is -3.80. The molecule has 1 aromatic heterocycles. The predicted octanol–water partition coefficient (Wildman–Crippen LogP) is 5.13. The Morgan fingerprint density at radius 1 is 0.867 bits per heavy atom. The summed E-state index contributed by atoms with van der Waals surface area (Å²) in [5, 5.41) is 0.370. The molecule has 4 nitrogen and oxygen atoms in total. The van der Waals surface area contributed by atoms with Crippen LogP contribution in [0.1, 0.15) is 33.3 Å². The lowest BCUT2D eigenvalue weighted by molar-refractivity contribution is 0.0971. The van der Waals surface area contributed by atoms with Crippen LogP contribution in [0.5, 0.6) is 0 Å². The van der Waals surface area contributed by atoms with Gasteiger partial charge in [-0.2, -0.15) is 0 Å². The van der Waals surface area contributed by atoms with Crippen molar-refractivity contribution in [1.82, 2.24) is 0 Å². The molecule has 0 aliphatic carbocycles. The van der Waals surface area contributed by atoms with E-state index in [4.69, 9.17) is 4.42 Å². The molecule has 5 rings (SSSR count). The van der Waals surface area contributed by atoms with E-state index in [2.05, 4.69) is 0 Å². The second kappa shape index (κ2) is 6.62. The van der Waals surface area contributed by atoms with E-state index >= 15 is 0 Å². The molecular weight excluding hydrogens is 388 g/mol. The number of halogens is 2. The Morgan fingerprint density at radius 2 is 1.50 bits per heavy atom. The van der Waals surface area contributed by atoms with Gasteiger partial charge in [0.1, 0.15) is 17.2 Å². The molecule has 1 amide bonds. The van der Waals surface area contributed by atoms with Crippen LogP contribution in [0.4, 0.5) is 14.5 Å². The monoisotopic (exact) mass is 403 g/mol. The van der Waals surface area contributed by atoms with E-state index in [1.807, 2.05) is 6.92 Å². The SMILES string of the molecule is Cc1ccc2oc3c(c(=O)c2c1)C(c1ccc(F)cc1)N(c1ccc(F)cc1)C3=O. The molecule has 1 aliphatic heterocycles. The van der Waals surface area contributed by atoms with E-state index in [0.29, 0.717) is 22.2 Å². The van der Waals surface area contributed by atoms with Gasteiger partial charge in [-0.1, -0.05) is 23.8 Å². The van der Waals surface area contributed by atoms with Crippen molar-refractivity contribution >= 4 is 22.6 Å². The smallest absolute Gasteiger partial charge is 0.295 e. The third-order valence-electron chi connectivity index (χ3n) is 5.32.